The number of hydrogen-bond acceptors (Lipinski definition) is 3. The van der Waals surface area contributed by atoms with Gasteiger partial charge in [0.15, 0.2) is 0 Å². The first-order valence-electron chi connectivity index (χ1n) is 3.65. The van der Waals surface area contributed by atoms with E-state index in [4.69, 9.17) is 0 Å². The Bertz CT molecular complexity index is 116. The highest BCUT2D eigenvalue weighted by Gasteiger charge is 2.05. The topological polar surface area (TPSA) is 49.4 Å². The summed E-state index contributed by atoms with van der Waals surface area (Å²) in [6.45, 7) is 3.35. The van der Waals surface area contributed by atoms with Crippen LogP contribution in [0.1, 0.15) is 26.7 Å². The van der Waals surface area contributed by atoms with Crippen LogP contribution in [-0.4, -0.2) is 22.2 Å². The van der Waals surface area contributed by atoms with E-state index in [9.17, 15) is 9.35 Å². The number of rotatable bonds is 5. The van der Waals surface area contributed by atoms with E-state index in [0.29, 0.717) is 5.75 Å². The molecule has 0 aliphatic rings. The van der Waals surface area contributed by atoms with Crippen molar-refractivity contribution in [1.29, 1.82) is 0 Å². The minimum Gasteiger partial charge on any atom is -0.614 e. The molecule has 11 heavy (non-hydrogen) atoms. The molecule has 0 bridgehead atoms. The maximum absolute atomic E-state index is 10.9. The highest BCUT2D eigenvalue weighted by atomic mass is 32.2. The molecule has 0 radical (unpaired) electrons. The molecule has 4 heteroatoms. The van der Waals surface area contributed by atoms with Crippen LogP contribution in [0.4, 0.5) is 0 Å². The number of carbonyl (C=O) groups excluding carboxylic acids is 1. The molecule has 66 valence electrons. The quantitative estimate of drug-likeness (QED) is 0.467. The third kappa shape index (κ3) is 7.68. The van der Waals surface area contributed by atoms with E-state index in [-0.39, 0.29) is 11.9 Å². The van der Waals surface area contributed by atoms with Gasteiger partial charge in [0, 0.05) is 6.92 Å². The molecular formula is C7H14O3S. The average molecular weight is 178 g/mol. The fraction of sp³-hybridized carbons (Fsp3) is 0.857. The largest absolute Gasteiger partial charge is 0.614 e. The number of ether oxygens (including phenoxy) is 1. The van der Waals surface area contributed by atoms with E-state index in [0.717, 1.165) is 12.8 Å². The molecule has 0 heterocycles. The SMILES string of the molecule is CCCC[S+]([O-])COC(C)=O. The summed E-state index contributed by atoms with van der Waals surface area (Å²) in [5, 5.41) is 0. The van der Waals surface area contributed by atoms with Crippen molar-refractivity contribution in [3.8, 4) is 0 Å². The van der Waals surface area contributed by atoms with Crippen molar-refractivity contribution in [3.05, 3.63) is 0 Å². The maximum Gasteiger partial charge on any atom is 0.306 e. The van der Waals surface area contributed by atoms with Gasteiger partial charge in [0.25, 0.3) is 0 Å². The molecule has 3 nitrogen and oxygen atoms in total. The Morgan fingerprint density at radius 3 is 2.73 bits per heavy atom. The lowest BCUT2D eigenvalue weighted by Crippen LogP contribution is -2.15. The molecule has 0 amide bonds. The second-order valence-electron chi connectivity index (χ2n) is 2.25. The molecule has 1 unspecified atom stereocenters. The Morgan fingerprint density at radius 1 is 1.64 bits per heavy atom. The number of carbonyl (C=O) groups is 1. The molecular weight excluding hydrogens is 164 g/mol. The highest BCUT2D eigenvalue weighted by molar-refractivity contribution is 7.91. The molecule has 0 aliphatic heterocycles. The third-order valence-electron chi connectivity index (χ3n) is 1.12. The summed E-state index contributed by atoms with van der Waals surface area (Å²) in [7, 11) is 0. The van der Waals surface area contributed by atoms with Crippen LogP contribution in [0.2, 0.25) is 0 Å². The van der Waals surface area contributed by atoms with Crippen LogP contribution < -0.4 is 0 Å². The molecule has 0 aliphatic carbocycles. The normalized spacial score (nSPS) is 12.6. The summed E-state index contributed by atoms with van der Waals surface area (Å²) < 4.78 is 15.5. The molecule has 0 aromatic heterocycles. The van der Waals surface area contributed by atoms with Crippen LogP contribution in [0.3, 0.4) is 0 Å². The molecule has 0 aromatic carbocycles. The first kappa shape index (κ1) is 10.8. The Balaban J connectivity index is 3.22. The second kappa shape index (κ2) is 6.49. The molecule has 0 saturated heterocycles. The van der Waals surface area contributed by atoms with Crippen molar-refractivity contribution in [2.75, 3.05) is 11.7 Å². The number of esters is 1. The summed E-state index contributed by atoms with van der Waals surface area (Å²) in [5.74, 6) is 0.314. The van der Waals surface area contributed by atoms with Gasteiger partial charge in [-0.25, -0.2) is 0 Å². The van der Waals surface area contributed by atoms with E-state index >= 15 is 0 Å². The van der Waals surface area contributed by atoms with E-state index in [2.05, 4.69) is 4.74 Å². The fourth-order valence-corrected chi connectivity index (χ4v) is 1.54. The predicted octanol–water partition coefficient (Wildman–Crippen LogP) is 1.06. The Morgan fingerprint density at radius 2 is 2.27 bits per heavy atom. The van der Waals surface area contributed by atoms with Crippen molar-refractivity contribution in [3.63, 3.8) is 0 Å². The van der Waals surface area contributed by atoms with Crippen molar-refractivity contribution < 1.29 is 14.1 Å². The lowest BCUT2D eigenvalue weighted by atomic mass is 10.4. The van der Waals surface area contributed by atoms with E-state index < -0.39 is 11.2 Å². The van der Waals surface area contributed by atoms with Gasteiger partial charge in [-0.15, -0.1) is 0 Å². The zero-order valence-corrected chi connectivity index (χ0v) is 7.78. The Hall–Kier alpha value is -0.220. The Kier molecular flexibility index (Phi) is 6.36. The van der Waals surface area contributed by atoms with E-state index in [1.54, 1.807) is 0 Å². The zero-order valence-electron chi connectivity index (χ0n) is 6.96. The van der Waals surface area contributed by atoms with Gasteiger partial charge in [-0.3, -0.25) is 4.79 Å². The second-order valence-corrected chi connectivity index (χ2v) is 3.77. The molecule has 0 spiro atoms. The summed E-state index contributed by atoms with van der Waals surface area (Å²) >= 11 is -0.984. The smallest absolute Gasteiger partial charge is 0.306 e. The van der Waals surface area contributed by atoms with Crippen molar-refractivity contribution in [2.24, 2.45) is 0 Å². The first-order chi connectivity index (χ1) is 5.16. The zero-order chi connectivity index (χ0) is 8.69. The van der Waals surface area contributed by atoms with Gasteiger partial charge in [0.05, 0.1) is 0 Å². The van der Waals surface area contributed by atoms with Crippen LogP contribution in [0.5, 0.6) is 0 Å². The van der Waals surface area contributed by atoms with E-state index in [1.807, 2.05) is 6.92 Å². The number of hydrogen-bond donors (Lipinski definition) is 0. The Labute approximate surface area is 70.3 Å². The minimum absolute atomic E-state index is 0.0509. The van der Waals surface area contributed by atoms with Crippen LogP contribution in [0.25, 0.3) is 0 Å². The monoisotopic (exact) mass is 178 g/mol. The molecule has 0 saturated carbocycles. The maximum atomic E-state index is 10.9. The van der Waals surface area contributed by atoms with Gasteiger partial charge < -0.3 is 9.29 Å². The fourth-order valence-electron chi connectivity index (χ4n) is 0.513. The van der Waals surface area contributed by atoms with Crippen molar-refractivity contribution in [2.45, 2.75) is 26.7 Å². The van der Waals surface area contributed by atoms with Crippen LogP contribution in [0, 0.1) is 0 Å². The highest BCUT2D eigenvalue weighted by Crippen LogP contribution is 1.97. The van der Waals surface area contributed by atoms with Crippen molar-refractivity contribution >= 4 is 17.1 Å². The molecule has 0 aromatic rings. The van der Waals surface area contributed by atoms with Crippen molar-refractivity contribution in [1.82, 2.24) is 0 Å². The van der Waals surface area contributed by atoms with E-state index in [1.165, 1.54) is 6.92 Å². The first-order valence-corrected chi connectivity index (χ1v) is 5.14. The summed E-state index contributed by atoms with van der Waals surface area (Å²) in [6, 6.07) is 0. The lowest BCUT2D eigenvalue weighted by molar-refractivity contribution is -0.138. The molecule has 1 atom stereocenters. The number of unbranched alkanes of at least 4 members (excludes halogenated alkanes) is 1. The van der Waals surface area contributed by atoms with Crippen LogP contribution in [0.15, 0.2) is 0 Å². The van der Waals surface area contributed by atoms with Gasteiger partial charge >= 0.3 is 5.97 Å². The third-order valence-corrected chi connectivity index (χ3v) is 2.24. The van der Waals surface area contributed by atoms with Gasteiger partial charge in [0.1, 0.15) is 5.75 Å². The van der Waals surface area contributed by atoms with Gasteiger partial charge in [-0.05, 0) is 17.6 Å². The summed E-state index contributed by atoms with van der Waals surface area (Å²) in [4.78, 5) is 10.3. The minimum atomic E-state index is -0.984. The summed E-state index contributed by atoms with van der Waals surface area (Å²) in [6.07, 6.45) is 1.94. The standard InChI is InChI=1S/C7H14O3S/c1-3-4-5-11(9)6-10-7(2)8/h3-6H2,1-2H3. The lowest BCUT2D eigenvalue weighted by Gasteiger charge is -2.08. The molecule has 0 fully saturated rings. The predicted molar refractivity (Wildman–Crippen MR) is 44.6 cm³/mol. The van der Waals surface area contributed by atoms with Gasteiger partial charge in [-0.2, -0.15) is 0 Å². The summed E-state index contributed by atoms with van der Waals surface area (Å²) in [5.41, 5.74) is 0. The van der Waals surface area contributed by atoms with Crippen LogP contribution in [-0.2, 0) is 20.7 Å². The average Bonchev–Trinajstić information content (AvgIpc) is 1.97. The van der Waals surface area contributed by atoms with Crippen LogP contribution >= 0.6 is 0 Å². The van der Waals surface area contributed by atoms with Gasteiger partial charge in [-0.1, -0.05) is 13.3 Å². The van der Waals surface area contributed by atoms with Gasteiger partial charge in [0.2, 0.25) is 5.94 Å². The molecule has 0 N–H and O–H groups in total. The molecule has 0 rings (SSSR count).